The summed E-state index contributed by atoms with van der Waals surface area (Å²) in [5.74, 6) is -0.337. The van der Waals surface area contributed by atoms with Crippen molar-refractivity contribution in [2.45, 2.75) is 27.7 Å². The highest BCUT2D eigenvalue weighted by molar-refractivity contribution is 8.45. The summed E-state index contributed by atoms with van der Waals surface area (Å²) < 4.78 is 2.96. The number of hydrazone groups is 1. The Balaban J connectivity index is 1.78. The van der Waals surface area contributed by atoms with Crippen molar-refractivity contribution in [1.82, 2.24) is 9.58 Å². The van der Waals surface area contributed by atoms with Crippen molar-refractivity contribution in [3.05, 3.63) is 57.9 Å². The Labute approximate surface area is 178 Å². The predicted molar refractivity (Wildman–Crippen MR) is 123 cm³/mol. The molecule has 148 valence electrons. The fourth-order valence-electron chi connectivity index (χ4n) is 3.48. The van der Waals surface area contributed by atoms with E-state index in [4.69, 9.17) is 5.41 Å². The molecule has 2 aromatic rings. The average Bonchev–Trinajstić information content (AvgIpc) is 3.21. The van der Waals surface area contributed by atoms with Crippen LogP contribution in [0.1, 0.15) is 28.1 Å². The zero-order chi connectivity index (χ0) is 20.9. The smallest absolute Gasteiger partial charge is 0.283 e. The Kier molecular flexibility index (Phi) is 5.00. The number of carbonyl (C=O) groups is 1. The van der Waals surface area contributed by atoms with Gasteiger partial charge in [0.15, 0.2) is 10.2 Å². The van der Waals surface area contributed by atoms with Crippen molar-refractivity contribution in [2.75, 3.05) is 6.26 Å². The van der Waals surface area contributed by atoms with Crippen molar-refractivity contribution in [3.63, 3.8) is 0 Å². The van der Waals surface area contributed by atoms with Crippen molar-refractivity contribution in [1.29, 1.82) is 5.41 Å². The lowest BCUT2D eigenvalue weighted by Gasteiger charge is -2.20. The van der Waals surface area contributed by atoms with Crippen molar-refractivity contribution in [2.24, 2.45) is 10.1 Å². The van der Waals surface area contributed by atoms with Crippen LogP contribution in [-0.2, 0) is 4.79 Å². The van der Waals surface area contributed by atoms with Crippen LogP contribution in [0.2, 0.25) is 0 Å². The fraction of sp³-hybridized carbons (Fsp3) is 0.238. The van der Waals surface area contributed by atoms with Crippen LogP contribution in [0, 0.1) is 33.1 Å². The van der Waals surface area contributed by atoms with E-state index in [0.717, 1.165) is 27.0 Å². The molecule has 0 saturated heterocycles. The number of aromatic nitrogens is 1. The highest BCUT2D eigenvalue weighted by Gasteiger charge is 2.35. The zero-order valence-electron chi connectivity index (χ0n) is 16.9. The van der Waals surface area contributed by atoms with E-state index in [9.17, 15) is 4.79 Å². The normalized spacial score (nSPS) is 17.7. The quantitative estimate of drug-likeness (QED) is 0.714. The standard InChI is InChI=1S/C21H21N5OS2/c1-11-6-7-12(2)17(8-11)25-13(3)9-15(14(25)4)10-16-18(22)26-20(23-19(16)27)29-21(24-26)28-5/h6-10,22H,1-5H3/b16-10-,22-18?. The highest BCUT2D eigenvalue weighted by atomic mass is 32.2. The van der Waals surface area contributed by atoms with Gasteiger partial charge >= 0.3 is 0 Å². The topological polar surface area (TPSA) is 73.8 Å². The van der Waals surface area contributed by atoms with Crippen LogP contribution < -0.4 is 0 Å². The van der Waals surface area contributed by atoms with Gasteiger partial charge in [0, 0.05) is 17.1 Å². The maximum atomic E-state index is 12.6. The summed E-state index contributed by atoms with van der Waals surface area (Å²) in [6.45, 7) is 8.25. The van der Waals surface area contributed by atoms with Crippen molar-refractivity contribution in [3.8, 4) is 5.69 Å². The molecule has 0 atom stereocenters. The Hall–Kier alpha value is -2.58. The van der Waals surface area contributed by atoms with Crippen LogP contribution in [0.15, 0.2) is 39.9 Å². The third kappa shape index (κ3) is 3.36. The molecule has 0 fully saturated rings. The molecule has 0 unspecified atom stereocenters. The maximum Gasteiger partial charge on any atom is 0.283 e. The molecule has 1 aromatic carbocycles. The van der Waals surface area contributed by atoms with Gasteiger partial charge in [-0.3, -0.25) is 10.2 Å². The van der Waals surface area contributed by atoms with E-state index >= 15 is 0 Å². The number of aliphatic imine (C=N–C) groups is 1. The summed E-state index contributed by atoms with van der Waals surface area (Å²) >= 11 is 2.79. The third-order valence-electron chi connectivity index (χ3n) is 4.99. The largest absolute Gasteiger partial charge is 0.318 e. The molecule has 6 nitrogen and oxygen atoms in total. The van der Waals surface area contributed by atoms with Gasteiger partial charge in [0.05, 0.1) is 5.57 Å². The van der Waals surface area contributed by atoms with E-state index in [2.05, 4.69) is 46.7 Å². The Bertz CT molecular complexity index is 1160. The van der Waals surface area contributed by atoms with Crippen LogP contribution in [0.4, 0.5) is 0 Å². The van der Waals surface area contributed by atoms with E-state index in [1.807, 2.05) is 26.2 Å². The third-order valence-corrected chi connectivity index (χ3v) is 6.87. The molecule has 29 heavy (non-hydrogen) atoms. The van der Waals surface area contributed by atoms with Gasteiger partial charge in [-0.05, 0) is 80.6 Å². The van der Waals surface area contributed by atoms with Crippen LogP contribution >= 0.6 is 23.5 Å². The predicted octanol–water partition coefficient (Wildman–Crippen LogP) is 4.65. The number of rotatable bonds is 2. The minimum absolute atomic E-state index is 0.0630. The van der Waals surface area contributed by atoms with E-state index < -0.39 is 5.91 Å². The van der Waals surface area contributed by atoms with Gasteiger partial charge in [-0.25, -0.2) is 0 Å². The second-order valence-corrected chi connectivity index (χ2v) is 9.05. The first-order valence-electron chi connectivity index (χ1n) is 9.11. The van der Waals surface area contributed by atoms with Gasteiger partial charge in [-0.2, -0.15) is 10.0 Å². The Morgan fingerprint density at radius 2 is 1.93 bits per heavy atom. The van der Waals surface area contributed by atoms with E-state index in [0.29, 0.717) is 5.17 Å². The highest BCUT2D eigenvalue weighted by Crippen LogP contribution is 2.32. The first-order valence-corrected chi connectivity index (χ1v) is 11.1. The lowest BCUT2D eigenvalue weighted by molar-refractivity contribution is -0.114. The number of benzene rings is 1. The van der Waals surface area contributed by atoms with Gasteiger partial charge < -0.3 is 4.57 Å². The van der Waals surface area contributed by atoms with E-state index in [-0.39, 0.29) is 11.4 Å². The molecule has 8 heteroatoms. The second-order valence-electron chi connectivity index (χ2n) is 7.04. The number of amides is 1. The Morgan fingerprint density at radius 1 is 1.17 bits per heavy atom. The van der Waals surface area contributed by atoms with Gasteiger partial charge in [-0.1, -0.05) is 12.1 Å². The molecule has 4 rings (SSSR count). The number of fused-ring (bicyclic) bond motifs is 1. The minimum Gasteiger partial charge on any atom is -0.318 e. The summed E-state index contributed by atoms with van der Waals surface area (Å²) in [5.41, 5.74) is 6.74. The lowest BCUT2D eigenvalue weighted by Crippen LogP contribution is -2.35. The zero-order valence-corrected chi connectivity index (χ0v) is 18.5. The van der Waals surface area contributed by atoms with E-state index in [1.165, 1.54) is 39.7 Å². The summed E-state index contributed by atoms with van der Waals surface area (Å²) in [6.07, 6.45) is 3.67. The van der Waals surface area contributed by atoms with Gasteiger partial charge in [0.2, 0.25) is 5.17 Å². The summed E-state index contributed by atoms with van der Waals surface area (Å²) in [4.78, 5) is 16.8. The molecule has 2 aliphatic rings. The summed E-state index contributed by atoms with van der Waals surface area (Å²) in [7, 11) is 0. The number of aryl methyl sites for hydroxylation is 3. The molecule has 0 aliphatic carbocycles. The minimum atomic E-state index is -0.400. The molecule has 0 saturated carbocycles. The Morgan fingerprint density at radius 3 is 2.66 bits per heavy atom. The average molecular weight is 424 g/mol. The second kappa shape index (κ2) is 7.35. The number of nitrogens with one attached hydrogen (secondary N) is 1. The van der Waals surface area contributed by atoms with Crippen molar-refractivity contribution < 1.29 is 4.79 Å². The number of hydrogen-bond acceptors (Lipinski definition) is 5. The molecule has 2 aliphatic heterocycles. The van der Waals surface area contributed by atoms with Gasteiger partial charge in [0.25, 0.3) is 5.91 Å². The number of thioether (sulfide) groups is 2. The first-order chi connectivity index (χ1) is 13.8. The fourth-order valence-corrected chi connectivity index (χ4v) is 4.82. The van der Waals surface area contributed by atoms with Gasteiger partial charge in [-0.15, -0.1) is 16.9 Å². The number of hydrogen-bond donors (Lipinski definition) is 1. The molecular weight excluding hydrogens is 402 g/mol. The summed E-state index contributed by atoms with van der Waals surface area (Å²) in [5, 5.41) is 14.8. The first kappa shape index (κ1) is 19.7. The molecule has 3 heterocycles. The lowest BCUT2D eigenvalue weighted by atomic mass is 10.1. The molecule has 0 radical (unpaired) electrons. The molecular formula is C21H21N5OS2. The SMILES string of the molecule is CSC1=NN2C(=N)/C(=C/c3cc(C)n(-c4cc(C)ccc4C)c3C)C(=O)N=C2S1. The van der Waals surface area contributed by atoms with Crippen LogP contribution in [-0.4, -0.2) is 37.1 Å². The van der Waals surface area contributed by atoms with Crippen LogP contribution in [0.3, 0.4) is 0 Å². The molecule has 0 bridgehead atoms. The van der Waals surface area contributed by atoms with E-state index in [1.54, 1.807) is 6.08 Å². The monoisotopic (exact) mass is 423 g/mol. The molecule has 0 spiro atoms. The van der Waals surface area contributed by atoms with Gasteiger partial charge in [0.1, 0.15) is 0 Å². The molecule has 1 amide bonds. The van der Waals surface area contributed by atoms with Crippen LogP contribution in [0.25, 0.3) is 11.8 Å². The van der Waals surface area contributed by atoms with Crippen molar-refractivity contribution >= 4 is 50.9 Å². The number of amidine groups is 2. The number of carbonyl (C=O) groups excluding carboxylic acids is 1. The number of nitrogens with zero attached hydrogens (tertiary/aromatic N) is 4. The molecule has 1 aromatic heterocycles. The molecule has 1 N–H and O–H groups in total. The van der Waals surface area contributed by atoms with Crippen LogP contribution in [0.5, 0.6) is 0 Å². The maximum absolute atomic E-state index is 12.6. The summed E-state index contributed by atoms with van der Waals surface area (Å²) in [6, 6.07) is 8.42.